The van der Waals surface area contributed by atoms with Gasteiger partial charge < -0.3 is 9.64 Å². The molecule has 0 saturated heterocycles. The summed E-state index contributed by atoms with van der Waals surface area (Å²) < 4.78 is 5.47. The molecule has 116 valence electrons. The van der Waals surface area contributed by atoms with Crippen LogP contribution in [0.25, 0.3) is 0 Å². The lowest BCUT2D eigenvalue weighted by Gasteiger charge is -2.18. The first kappa shape index (κ1) is 16.7. The van der Waals surface area contributed by atoms with E-state index in [1.165, 1.54) is 4.90 Å². The number of likely N-dealkylation sites (N-methyl/N-ethyl adjacent to an activating group) is 1. The molecule has 0 bridgehead atoms. The van der Waals surface area contributed by atoms with Gasteiger partial charge in [-0.3, -0.25) is 4.79 Å². The SMILES string of the molecule is CSc1ccc(CN(C)C(=O)COc2ccccc2Cl)cc1. The lowest BCUT2D eigenvalue weighted by atomic mass is 10.2. The Morgan fingerprint density at radius 3 is 2.50 bits per heavy atom. The Bertz CT molecular complexity index is 631. The maximum Gasteiger partial charge on any atom is 0.260 e. The average molecular weight is 336 g/mol. The van der Waals surface area contributed by atoms with Gasteiger partial charge in [0.05, 0.1) is 5.02 Å². The van der Waals surface area contributed by atoms with Crippen molar-refractivity contribution in [3.8, 4) is 5.75 Å². The number of carbonyl (C=O) groups is 1. The Morgan fingerprint density at radius 1 is 1.18 bits per heavy atom. The quantitative estimate of drug-likeness (QED) is 0.744. The van der Waals surface area contributed by atoms with Gasteiger partial charge in [-0.05, 0) is 36.1 Å². The Kier molecular flexibility index (Phi) is 6.16. The molecule has 3 nitrogen and oxygen atoms in total. The van der Waals surface area contributed by atoms with Crippen LogP contribution in [0.2, 0.25) is 5.02 Å². The third-order valence-electron chi connectivity index (χ3n) is 3.19. The van der Waals surface area contributed by atoms with Gasteiger partial charge in [0.1, 0.15) is 5.75 Å². The van der Waals surface area contributed by atoms with E-state index < -0.39 is 0 Å². The second kappa shape index (κ2) is 8.11. The molecule has 0 N–H and O–H groups in total. The Morgan fingerprint density at radius 2 is 1.86 bits per heavy atom. The fourth-order valence-corrected chi connectivity index (χ4v) is 2.50. The summed E-state index contributed by atoms with van der Waals surface area (Å²) in [6.07, 6.45) is 2.04. The minimum Gasteiger partial charge on any atom is -0.482 e. The predicted octanol–water partition coefficient (Wildman–Crippen LogP) is 4.10. The smallest absolute Gasteiger partial charge is 0.260 e. The Hall–Kier alpha value is -1.65. The van der Waals surface area contributed by atoms with Crippen LogP contribution < -0.4 is 4.74 Å². The summed E-state index contributed by atoms with van der Waals surface area (Å²) >= 11 is 7.69. The van der Waals surface area contributed by atoms with Gasteiger partial charge in [0.15, 0.2) is 6.61 Å². The van der Waals surface area contributed by atoms with Crippen molar-refractivity contribution in [3.05, 3.63) is 59.1 Å². The highest BCUT2D eigenvalue weighted by molar-refractivity contribution is 7.98. The molecular weight excluding hydrogens is 318 g/mol. The van der Waals surface area contributed by atoms with Crippen molar-refractivity contribution in [2.75, 3.05) is 19.9 Å². The van der Waals surface area contributed by atoms with Crippen molar-refractivity contribution in [2.45, 2.75) is 11.4 Å². The van der Waals surface area contributed by atoms with Gasteiger partial charge in [0.25, 0.3) is 5.91 Å². The number of nitrogens with zero attached hydrogens (tertiary/aromatic N) is 1. The molecule has 5 heteroatoms. The summed E-state index contributed by atoms with van der Waals surface area (Å²) in [5.74, 6) is 0.434. The molecule has 1 amide bonds. The molecule has 22 heavy (non-hydrogen) atoms. The molecule has 0 aliphatic carbocycles. The summed E-state index contributed by atoms with van der Waals surface area (Å²) in [7, 11) is 1.76. The van der Waals surface area contributed by atoms with Crippen molar-refractivity contribution in [1.82, 2.24) is 4.90 Å². The van der Waals surface area contributed by atoms with Crippen LogP contribution >= 0.6 is 23.4 Å². The zero-order chi connectivity index (χ0) is 15.9. The van der Waals surface area contributed by atoms with Crippen molar-refractivity contribution in [1.29, 1.82) is 0 Å². The summed E-state index contributed by atoms with van der Waals surface area (Å²) in [6, 6.07) is 15.3. The van der Waals surface area contributed by atoms with E-state index in [-0.39, 0.29) is 12.5 Å². The number of carbonyl (C=O) groups excluding carboxylic acids is 1. The number of hydrogen-bond acceptors (Lipinski definition) is 3. The number of para-hydroxylation sites is 1. The van der Waals surface area contributed by atoms with E-state index in [0.717, 1.165) is 5.56 Å². The number of ether oxygens (including phenoxy) is 1. The topological polar surface area (TPSA) is 29.5 Å². The van der Waals surface area contributed by atoms with E-state index in [2.05, 4.69) is 12.1 Å². The minimum absolute atomic E-state index is 0.0247. The first-order valence-corrected chi connectivity index (χ1v) is 8.44. The third-order valence-corrected chi connectivity index (χ3v) is 4.25. The van der Waals surface area contributed by atoms with Crippen LogP contribution in [0.15, 0.2) is 53.4 Å². The molecule has 0 aromatic heterocycles. The van der Waals surface area contributed by atoms with Crippen LogP contribution in [-0.2, 0) is 11.3 Å². The van der Waals surface area contributed by atoms with Gasteiger partial charge in [0.2, 0.25) is 0 Å². The van der Waals surface area contributed by atoms with Crippen molar-refractivity contribution < 1.29 is 9.53 Å². The molecule has 0 fully saturated rings. The maximum atomic E-state index is 12.1. The molecule has 0 spiro atoms. The molecule has 0 unspecified atom stereocenters. The van der Waals surface area contributed by atoms with Crippen LogP contribution in [0.5, 0.6) is 5.75 Å². The third kappa shape index (κ3) is 4.68. The van der Waals surface area contributed by atoms with Gasteiger partial charge in [0, 0.05) is 18.5 Å². The van der Waals surface area contributed by atoms with E-state index in [9.17, 15) is 4.79 Å². The average Bonchev–Trinajstić information content (AvgIpc) is 2.54. The number of thioether (sulfide) groups is 1. The summed E-state index contributed by atoms with van der Waals surface area (Å²) in [5, 5.41) is 0.505. The van der Waals surface area contributed by atoms with Crippen molar-refractivity contribution >= 4 is 29.3 Å². The van der Waals surface area contributed by atoms with Gasteiger partial charge in [-0.1, -0.05) is 35.9 Å². The van der Waals surface area contributed by atoms with Crippen LogP contribution in [-0.4, -0.2) is 30.7 Å². The van der Waals surface area contributed by atoms with Crippen LogP contribution in [0, 0.1) is 0 Å². The molecule has 0 atom stereocenters. The largest absolute Gasteiger partial charge is 0.482 e. The zero-order valence-corrected chi connectivity index (χ0v) is 14.2. The molecule has 0 radical (unpaired) electrons. The highest BCUT2D eigenvalue weighted by atomic mass is 35.5. The van der Waals surface area contributed by atoms with E-state index in [0.29, 0.717) is 17.3 Å². The van der Waals surface area contributed by atoms with Gasteiger partial charge in [-0.2, -0.15) is 0 Å². The highest BCUT2D eigenvalue weighted by Crippen LogP contribution is 2.23. The highest BCUT2D eigenvalue weighted by Gasteiger charge is 2.11. The summed E-state index contributed by atoms with van der Waals surface area (Å²) in [6.45, 7) is 0.530. The second-order valence-corrected chi connectivity index (χ2v) is 6.10. The van der Waals surface area contributed by atoms with Crippen LogP contribution in [0.4, 0.5) is 0 Å². The Balaban J connectivity index is 1.87. The van der Waals surface area contributed by atoms with E-state index >= 15 is 0 Å². The van der Waals surface area contributed by atoms with Gasteiger partial charge >= 0.3 is 0 Å². The van der Waals surface area contributed by atoms with E-state index in [1.807, 2.05) is 30.5 Å². The summed E-state index contributed by atoms with van der Waals surface area (Å²) in [5.41, 5.74) is 1.09. The van der Waals surface area contributed by atoms with Crippen LogP contribution in [0.3, 0.4) is 0 Å². The lowest BCUT2D eigenvalue weighted by molar-refractivity contribution is -0.132. The molecule has 0 aliphatic heterocycles. The number of benzene rings is 2. The predicted molar refractivity (Wildman–Crippen MR) is 91.6 cm³/mol. The van der Waals surface area contributed by atoms with Gasteiger partial charge in [-0.25, -0.2) is 0 Å². The number of halogens is 1. The molecule has 0 saturated carbocycles. The zero-order valence-electron chi connectivity index (χ0n) is 12.6. The molecule has 2 aromatic carbocycles. The first-order valence-electron chi connectivity index (χ1n) is 6.84. The van der Waals surface area contributed by atoms with E-state index in [1.54, 1.807) is 35.8 Å². The second-order valence-electron chi connectivity index (χ2n) is 4.82. The monoisotopic (exact) mass is 335 g/mol. The molecule has 0 heterocycles. The fraction of sp³-hybridized carbons (Fsp3) is 0.235. The van der Waals surface area contributed by atoms with Crippen molar-refractivity contribution in [2.24, 2.45) is 0 Å². The fourth-order valence-electron chi connectivity index (χ4n) is 1.90. The first-order chi connectivity index (χ1) is 10.6. The van der Waals surface area contributed by atoms with Crippen LogP contribution in [0.1, 0.15) is 5.56 Å². The molecule has 0 aliphatic rings. The molecular formula is C17H18ClNO2S. The number of rotatable bonds is 6. The number of amides is 1. The standard InChI is InChI=1S/C17H18ClNO2S/c1-19(11-13-7-9-14(22-2)10-8-13)17(20)12-21-16-6-4-3-5-15(16)18/h3-10H,11-12H2,1-2H3. The van der Waals surface area contributed by atoms with Gasteiger partial charge in [-0.15, -0.1) is 11.8 Å². The van der Waals surface area contributed by atoms with Crippen molar-refractivity contribution in [3.63, 3.8) is 0 Å². The normalized spacial score (nSPS) is 10.3. The van der Waals surface area contributed by atoms with E-state index in [4.69, 9.17) is 16.3 Å². The summed E-state index contributed by atoms with van der Waals surface area (Å²) in [4.78, 5) is 15.0. The molecule has 2 rings (SSSR count). The number of hydrogen-bond donors (Lipinski definition) is 0. The lowest BCUT2D eigenvalue weighted by Crippen LogP contribution is -2.30. The minimum atomic E-state index is -0.0890. The molecule has 2 aromatic rings. The maximum absolute atomic E-state index is 12.1. The Labute approximate surface area is 140 Å².